The van der Waals surface area contributed by atoms with Crippen molar-refractivity contribution in [2.75, 3.05) is 25.4 Å². The second kappa shape index (κ2) is 6.62. The summed E-state index contributed by atoms with van der Waals surface area (Å²) in [6.07, 6.45) is 9.44. The summed E-state index contributed by atoms with van der Waals surface area (Å²) >= 11 is 4.66. The Labute approximate surface area is 118 Å². The molecular formula is C15H29NOS. The third-order valence-corrected chi connectivity index (χ3v) is 5.89. The van der Waals surface area contributed by atoms with Gasteiger partial charge < -0.3 is 5.11 Å². The number of hydrogen-bond donors (Lipinski definition) is 2. The van der Waals surface area contributed by atoms with Gasteiger partial charge in [-0.15, -0.1) is 0 Å². The fourth-order valence-corrected chi connectivity index (χ4v) is 4.27. The Hall–Kier alpha value is 0.270. The van der Waals surface area contributed by atoms with Gasteiger partial charge in [-0.3, -0.25) is 4.90 Å². The average molecular weight is 271 g/mol. The fraction of sp³-hybridized carbons (Fsp3) is 1.00. The average Bonchev–Trinajstić information content (AvgIpc) is 2.60. The summed E-state index contributed by atoms with van der Waals surface area (Å²) in [7, 11) is 0. The van der Waals surface area contributed by atoms with E-state index in [9.17, 15) is 5.11 Å². The van der Waals surface area contributed by atoms with E-state index in [0.29, 0.717) is 24.0 Å². The topological polar surface area (TPSA) is 23.5 Å². The molecule has 1 aliphatic carbocycles. The Kier molecular flexibility index (Phi) is 5.40. The van der Waals surface area contributed by atoms with Crippen molar-refractivity contribution in [1.82, 2.24) is 4.90 Å². The van der Waals surface area contributed by atoms with Crippen molar-refractivity contribution in [2.45, 2.75) is 57.9 Å². The number of thiol groups is 1. The molecular weight excluding hydrogens is 242 g/mol. The van der Waals surface area contributed by atoms with Crippen LogP contribution < -0.4 is 0 Å². The zero-order valence-electron chi connectivity index (χ0n) is 11.8. The highest BCUT2D eigenvalue weighted by Crippen LogP contribution is 2.39. The number of nitrogens with zero attached hydrogens (tertiary/aromatic N) is 1. The van der Waals surface area contributed by atoms with Gasteiger partial charge in [0.25, 0.3) is 0 Å². The lowest BCUT2D eigenvalue weighted by Gasteiger charge is -2.38. The van der Waals surface area contributed by atoms with Crippen LogP contribution in [0.2, 0.25) is 0 Å². The molecule has 1 saturated carbocycles. The molecule has 0 aromatic carbocycles. The van der Waals surface area contributed by atoms with Crippen LogP contribution in [0.3, 0.4) is 0 Å². The Morgan fingerprint density at radius 2 is 1.89 bits per heavy atom. The second-order valence-electron chi connectivity index (χ2n) is 6.56. The van der Waals surface area contributed by atoms with E-state index < -0.39 is 0 Å². The molecule has 1 aliphatic heterocycles. The van der Waals surface area contributed by atoms with Crippen LogP contribution in [0.25, 0.3) is 0 Å². The van der Waals surface area contributed by atoms with Gasteiger partial charge in [0.1, 0.15) is 0 Å². The standard InChI is InChI=1S/C15H29NOS/c1-13-6-9-16(14(13)10-17)11-15(12-18)7-4-2-3-5-8-15/h13-14,17-18H,2-12H2,1H3. The summed E-state index contributed by atoms with van der Waals surface area (Å²) in [5, 5.41) is 9.59. The van der Waals surface area contributed by atoms with Crippen LogP contribution >= 0.6 is 12.6 Å². The molecule has 2 aliphatic rings. The van der Waals surface area contributed by atoms with E-state index in [1.165, 1.54) is 51.5 Å². The van der Waals surface area contributed by atoms with Gasteiger partial charge in [-0.05, 0) is 42.9 Å². The highest BCUT2D eigenvalue weighted by Gasteiger charge is 2.37. The summed E-state index contributed by atoms with van der Waals surface area (Å²) < 4.78 is 0. The van der Waals surface area contributed by atoms with Gasteiger partial charge in [0.2, 0.25) is 0 Å². The summed E-state index contributed by atoms with van der Waals surface area (Å²) in [6.45, 7) is 4.93. The molecule has 3 heteroatoms. The zero-order valence-corrected chi connectivity index (χ0v) is 12.7. The Morgan fingerprint density at radius 1 is 1.22 bits per heavy atom. The molecule has 1 saturated heterocycles. The monoisotopic (exact) mass is 271 g/mol. The minimum absolute atomic E-state index is 0.323. The number of rotatable bonds is 4. The van der Waals surface area contributed by atoms with Crippen LogP contribution in [0.4, 0.5) is 0 Å². The molecule has 1 N–H and O–H groups in total. The Balaban J connectivity index is 2.00. The summed E-state index contributed by atoms with van der Waals surface area (Å²) in [5.41, 5.74) is 0.414. The smallest absolute Gasteiger partial charge is 0.0589 e. The predicted octanol–water partition coefficient (Wildman–Crippen LogP) is 2.96. The van der Waals surface area contributed by atoms with Gasteiger partial charge in [0.05, 0.1) is 6.61 Å². The maximum atomic E-state index is 9.59. The molecule has 2 fully saturated rings. The van der Waals surface area contributed by atoms with Gasteiger partial charge in [0.15, 0.2) is 0 Å². The molecule has 18 heavy (non-hydrogen) atoms. The van der Waals surface area contributed by atoms with Crippen molar-refractivity contribution < 1.29 is 5.11 Å². The van der Waals surface area contributed by atoms with Gasteiger partial charge in [-0.1, -0.05) is 32.6 Å². The Morgan fingerprint density at radius 3 is 2.44 bits per heavy atom. The van der Waals surface area contributed by atoms with Crippen molar-refractivity contribution in [3.63, 3.8) is 0 Å². The molecule has 2 unspecified atom stereocenters. The lowest BCUT2D eigenvalue weighted by Crippen LogP contribution is -2.44. The van der Waals surface area contributed by atoms with E-state index in [1.54, 1.807) is 0 Å². The van der Waals surface area contributed by atoms with Crippen LogP contribution in [-0.2, 0) is 0 Å². The van der Waals surface area contributed by atoms with Gasteiger partial charge in [-0.25, -0.2) is 0 Å². The van der Waals surface area contributed by atoms with Crippen molar-refractivity contribution in [3.8, 4) is 0 Å². The third kappa shape index (κ3) is 3.23. The molecule has 0 aromatic heterocycles. The quantitative estimate of drug-likeness (QED) is 0.606. The normalized spacial score (nSPS) is 33.5. The maximum Gasteiger partial charge on any atom is 0.0589 e. The van der Waals surface area contributed by atoms with Crippen LogP contribution in [0.15, 0.2) is 0 Å². The van der Waals surface area contributed by atoms with E-state index in [4.69, 9.17) is 0 Å². The highest BCUT2D eigenvalue weighted by atomic mass is 32.1. The minimum Gasteiger partial charge on any atom is -0.395 e. The largest absolute Gasteiger partial charge is 0.395 e. The summed E-state index contributed by atoms with van der Waals surface area (Å²) in [6, 6.07) is 0.394. The molecule has 0 spiro atoms. The second-order valence-corrected chi connectivity index (χ2v) is 6.87. The summed E-state index contributed by atoms with van der Waals surface area (Å²) in [5.74, 6) is 1.66. The minimum atomic E-state index is 0.323. The molecule has 0 aromatic rings. The first kappa shape index (κ1) is 14.7. The van der Waals surface area contributed by atoms with Crippen molar-refractivity contribution in [1.29, 1.82) is 0 Å². The Bertz CT molecular complexity index is 251. The predicted molar refractivity (Wildman–Crippen MR) is 80.2 cm³/mol. The zero-order chi connectivity index (χ0) is 13.0. The SMILES string of the molecule is CC1CCN(CC2(CS)CCCCCC2)C1CO. The number of aliphatic hydroxyl groups is 1. The molecule has 0 radical (unpaired) electrons. The number of hydrogen-bond acceptors (Lipinski definition) is 3. The first-order valence-electron chi connectivity index (χ1n) is 7.66. The van der Waals surface area contributed by atoms with Crippen LogP contribution in [-0.4, -0.2) is 41.5 Å². The summed E-state index contributed by atoms with van der Waals surface area (Å²) in [4.78, 5) is 2.55. The van der Waals surface area contributed by atoms with E-state index >= 15 is 0 Å². The molecule has 0 bridgehead atoms. The third-order valence-electron chi connectivity index (χ3n) is 5.22. The highest BCUT2D eigenvalue weighted by molar-refractivity contribution is 7.80. The van der Waals surface area contributed by atoms with Gasteiger partial charge in [0, 0.05) is 12.6 Å². The first-order valence-corrected chi connectivity index (χ1v) is 8.30. The van der Waals surface area contributed by atoms with E-state index in [1.807, 2.05) is 0 Å². The molecule has 2 rings (SSSR count). The van der Waals surface area contributed by atoms with Crippen molar-refractivity contribution >= 4 is 12.6 Å². The number of likely N-dealkylation sites (tertiary alicyclic amines) is 1. The van der Waals surface area contributed by atoms with E-state index in [2.05, 4.69) is 24.5 Å². The molecule has 0 amide bonds. The molecule has 106 valence electrons. The molecule has 1 heterocycles. The van der Waals surface area contributed by atoms with E-state index in [0.717, 1.165) is 12.3 Å². The van der Waals surface area contributed by atoms with Crippen LogP contribution in [0, 0.1) is 11.3 Å². The number of aliphatic hydroxyl groups excluding tert-OH is 1. The fourth-order valence-electron chi connectivity index (χ4n) is 3.85. The molecule has 2 atom stereocenters. The van der Waals surface area contributed by atoms with Gasteiger partial charge in [-0.2, -0.15) is 12.6 Å². The van der Waals surface area contributed by atoms with Crippen molar-refractivity contribution in [2.24, 2.45) is 11.3 Å². The van der Waals surface area contributed by atoms with Gasteiger partial charge >= 0.3 is 0 Å². The first-order chi connectivity index (χ1) is 8.71. The van der Waals surface area contributed by atoms with Crippen LogP contribution in [0.5, 0.6) is 0 Å². The lowest BCUT2D eigenvalue weighted by molar-refractivity contribution is 0.0909. The maximum absolute atomic E-state index is 9.59. The van der Waals surface area contributed by atoms with Crippen LogP contribution in [0.1, 0.15) is 51.9 Å². The van der Waals surface area contributed by atoms with Crippen molar-refractivity contribution in [3.05, 3.63) is 0 Å². The molecule has 2 nitrogen and oxygen atoms in total. The van der Waals surface area contributed by atoms with E-state index in [-0.39, 0.29) is 0 Å². The lowest BCUT2D eigenvalue weighted by atomic mass is 9.81.